The number of benzene rings is 4. The quantitative estimate of drug-likeness (QED) is 0.0238. The molecule has 0 saturated carbocycles. The number of hydrogen-bond acceptors (Lipinski definition) is 12. The Bertz CT molecular complexity index is 3180. The third-order valence-electron chi connectivity index (χ3n) is 25.4. The number of unbranched alkanes of at least 4 members (excludes halogenated alkanes) is 1. The molecular formula is C84H144O12SSi6. The van der Waals surface area contributed by atoms with Crippen LogP contribution in [0.25, 0.3) is 0 Å². The van der Waals surface area contributed by atoms with Gasteiger partial charge in [0.25, 0.3) is 8.32 Å². The van der Waals surface area contributed by atoms with E-state index in [0.717, 1.165) is 79.2 Å². The third-order valence-corrected chi connectivity index (χ3v) is 55.5. The molecule has 4 aromatic carbocycles. The minimum absolute atomic E-state index is 0.0112. The van der Waals surface area contributed by atoms with Gasteiger partial charge in [-0.25, -0.2) is 8.42 Å². The molecule has 6 rings (SSSR count). The topological polar surface area (TPSA) is 126 Å². The molecule has 0 spiro atoms. The van der Waals surface area contributed by atoms with Gasteiger partial charge in [-0.2, -0.15) is 0 Å². The van der Waals surface area contributed by atoms with Gasteiger partial charge in [0.1, 0.15) is 6.10 Å². The fourth-order valence-corrected chi connectivity index (χ4v) is 33.4. The summed E-state index contributed by atoms with van der Waals surface area (Å²) < 4.78 is 110. The highest BCUT2D eigenvalue weighted by Gasteiger charge is 2.62. The second kappa shape index (κ2) is 38.4. The summed E-state index contributed by atoms with van der Waals surface area (Å²) in [4.78, 5) is 0.267. The van der Waals surface area contributed by atoms with Crippen LogP contribution in [0.1, 0.15) is 183 Å². The van der Waals surface area contributed by atoms with Crippen LogP contribution in [0.3, 0.4) is 0 Å². The molecule has 103 heavy (non-hydrogen) atoms. The molecule has 582 valence electrons. The first kappa shape index (κ1) is 89.4. The minimum Gasteiger partial charge on any atom is -0.413 e. The van der Waals surface area contributed by atoms with Crippen molar-refractivity contribution in [3.05, 3.63) is 139 Å². The van der Waals surface area contributed by atoms with Crippen molar-refractivity contribution >= 4 is 70.1 Å². The van der Waals surface area contributed by atoms with E-state index < -0.39 is 107 Å². The second-order valence-corrected chi connectivity index (χ2v) is 64.6. The Hall–Kier alpha value is -2.53. The molecule has 2 saturated heterocycles. The van der Waals surface area contributed by atoms with Crippen LogP contribution >= 0.6 is 0 Å². The molecule has 0 N–H and O–H groups in total. The highest BCUT2D eigenvalue weighted by atomic mass is 32.2. The molecule has 0 radical (unpaired) electrons. The van der Waals surface area contributed by atoms with E-state index in [0.29, 0.717) is 26.2 Å². The first-order valence-corrected chi connectivity index (χ1v) is 56.9. The summed E-state index contributed by atoms with van der Waals surface area (Å²) in [7, 11) is -17.9. The van der Waals surface area contributed by atoms with Gasteiger partial charge < -0.3 is 45.5 Å². The van der Waals surface area contributed by atoms with Crippen LogP contribution < -0.4 is 10.4 Å². The van der Waals surface area contributed by atoms with E-state index in [1.165, 1.54) is 10.4 Å². The van der Waals surface area contributed by atoms with Gasteiger partial charge in [0.2, 0.25) is 0 Å². The number of rotatable bonds is 41. The van der Waals surface area contributed by atoms with Gasteiger partial charge in [-0.15, -0.1) is 0 Å². The van der Waals surface area contributed by atoms with Gasteiger partial charge in [-0.3, -0.25) is 0 Å². The van der Waals surface area contributed by atoms with Crippen LogP contribution in [0.2, 0.25) is 95.7 Å². The van der Waals surface area contributed by atoms with Gasteiger partial charge in [0, 0.05) is 32.0 Å². The fourth-order valence-electron chi connectivity index (χ4n) is 15.6. The van der Waals surface area contributed by atoms with Gasteiger partial charge in [0.15, 0.2) is 57.2 Å². The Morgan fingerprint density at radius 1 is 0.563 bits per heavy atom. The molecule has 4 aromatic rings. The van der Waals surface area contributed by atoms with E-state index in [2.05, 4.69) is 244 Å². The number of hydrogen-bond donors (Lipinski definition) is 0. The van der Waals surface area contributed by atoms with E-state index in [4.69, 9.17) is 45.5 Å². The zero-order valence-electron chi connectivity index (χ0n) is 69.1. The molecule has 19 heteroatoms. The molecule has 0 aromatic heterocycles. The van der Waals surface area contributed by atoms with Gasteiger partial charge in [-0.05, 0) is 156 Å². The lowest BCUT2D eigenvalue weighted by atomic mass is 9.78. The third kappa shape index (κ3) is 21.7. The molecule has 0 bridgehead atoms. The zero-order chi connectivity index (χ0) is 76.5. The highest BCUT2D eigenvalue weighted by Crippen LogP contribution is 2.51. The van der Waals surface area contributed by atoms with Crippen molar-refractivity contribution in [2.75, 3.05) is 20.3 Å². The summed E-state index contributed by atoms with van der Waals surface area (Å²) in [6.45, 7) is 56.6. The van der Waals surface area contributed by atoms with Crippen molar-refractivity contribution in [1.82, 2.24) is 0 Å². The van der Waals surface area contributed by atoms with Crippen LogP contribution in [0.5, 0.6) is 0 Å². The van der Waals surface area contributed by atoms with Crippen molar-refractivity contribution in [3.8, 4) is 0 Å². The van der Waals surface area contributed by atoms with Crippen molar-refractivity contribution < 1.29 is 53.9 Å². The van der Waals surface area contributed by atoms with Crippen LogP contribution in [-0.4, -0.2) is 139 Å². The Labute approximate surface area is 635 Å². The molecule has 0 amide bonds. The normalized spacial score (nSPS) is 23.4. The average Bonchev–Trinajstić information content (AvgIpc) is 0.746. The molecule has 2 aliphatic heterocycles. The lowest BCUT2D eigenvalue weighted by molar-refractivity contribution is -0.354. The fraction of sp³-hybridized carbons (Fsp3) is 0.690. The minimum atomic E-state index is -4.12. The zero-order valence-corrected chi connectivity index (χ0v) is 75.9. The van der Waals surface area contributed by atoms with E-state index in [1.54, 1.807) is 12.1 Å². The second-order valence-electron chi connectivity index (χ2n) is 34.4. The smallest absolute Gasteiger partial charge is 0.261 e. The maximum Gasteiger partial charge on any atom is 0.261 e. The maximum absolute atomic E-state index is 16.3. The Kier molecular flexibility index (Phi) is 33.3. The number of sulfone groups is 1. The van der Waals surface area contributed by atoms with Crippen LogP contribution in [0.4, 0.5) is 0 Å². The number of ether oxygens (including phenoxy) is 4. The molecule has 1 unspecified atom stereocenters. The van der Waals surface area contributed by atoms with Crippen LogP contribution in [-0.2, 0) is 61.9 Å². The first-order valence-electron chi connectivity index (χ1n) is 40.0. The molecule has 12 atom stereocenters. The molecular weight excluding hydrogens is 1400 g/mol. The molecule has 12 nitrogen and oxygen atoms in total. The molecule has 2 aliphatic rings. The van der Waals surface area contributed by atoms with E-state index in [1.807, 2.05) is 49.6 Å². The Morgan fingerprint density at radius 2 is 1.04 bits per heavy atom. The van der Waals surface area contributed by atoms with Gasteiger partial charge in [0.05, 0.1) is 66.1 Å². The highest BCUT2D eigenvalue weighted by molar-refractivity contribution is 7.92. The van der Waals surface area contributed by atoms with Crippen molar-refractivity contribution in [2.24, 2.45) is 11.8 Å². The van der Waals surface area contributed by atoms with E-state index in [-0.39, 0.29) is 56.9 Å². The van der Waals surface area contributed by atoms with Crippen LogP contribution in [0.15, 0.2) is 138 Å². The van der Waals surface area contributed by atoms with Crippen molar-refractivity contribution in [2.45, 2.75) is 344 Å². The number of methoxy groups -OCH3 is 1. The molecule has 2 heterocycles. The maximum atomic E-state index is 16.3. The van der Waals surface area contributed by atoms with Crippen molar-refractivity contribution in [3.63, 3.8) is 0 Å². The SMILES string of the molecule is CC[Si](CC)(CC)O[C@@H]1[C@@H](C)[C@H]([C@H](O[Si](CC)(CC)CC)[C@@]2(OC)C[C@H](O[Si](C)(C)C(C)(C)C)[C@@H](C)[C@@H](CCCCO[Si](c3ccccc3)(c3ccccc3)C(C)(C)C)O2)O[C@H](CC(C[C@@H](/C=C/COCc2ccccc2)O[Si](C)(C)C(C)(C)C)S(=O)(=O)c2ccccc2)[C@H]1O[Si](CC)(CC)CC. The molecule has 2 fully saturated rings. The van der Waals surface area contributed by atoms with Crippen LogP contribution in [0, 0.1) is 11.8 Å². The van der Waals surface area contributed by atoms with Gasteiger partial charge >= 0.3 is 0 Å². The summed E-state index contributed by atoms with van der Waals surface area (Å²) in [6, 6.07) is 49.2. The largest absolute Gasteiger partial charge is 0.413 e. The summed E-state index contributed by atoms with van der Waals surface area (Å²) in [6.07, 6.45) is 2.63. The summed E-state index contributed by atoms with van der Waals surface area (Å²) in [5.74, 6) is -1.73. The van der Waals surface area contributed by atoms with Crippen molar-refractivity contribution in [1.29, 1.82) is 0 Å². The predicted molar refractivity (Wildman–Crippen MR) is 446 cm³/mol. The van der Waals surface area contributed by atoms with E-state index >= 15 is 8.42 Å². The Morgan fingerprint density at radius 3 is 1.50 bits per heavy atom. The average molecular weight is 1550 g/mol. The van der Waals surface area contributed by atoms with E-state index in [9.17, 15) is 0 Å². The van der Waals surface area contributed by atoms with Gasteiger partial charge in [-0.1, -0.05) is 260 Å². The predicted octanol–water partition coefficient (Wildman–Crippen LogP) is 21.3. The first-order chi connectivity index (χ1) is 48.4. The summed E-state index contributed by atoms with van der Waals surface area (Å²) in [5, 5.41) is 1.12. The monoisotopic (exact) mass is 1540 g/mol. The molecule has 0 aliphatic carbocycles. The Balaban J connectivity index is 1.60. The summed E-state index contributed by atoms with van der Waals surface area (Å²) >= 11 is 0. The summed E-state index contributed by atoms with van der Waals surface area (Å²) in [5.41, 5.74) is 1.08. The standard InChI is InChI=1S/C84H144O12SSi6/c1-26-100(27-2,28-3)94-77-67(11)78(90-75(79(77)95-101(29-4,30-5)31-6)63-71(97(85,86)70-53-41-36-42-54-70)62-69(92-98(22,23)81(12,13)14)52-49-60-88-65-68-50-39-35-40-51-68)80(96-102(32-7,33-8)34-9)84(87-21)64-76(93-99(24,25)82(15,16)17)66(10)74(91-84)59-47-48-61-89-103(83(18,19)20,72-55-43-37-44-56-72)73-57-45-38-46-58-73/h35-46,49-58,66-67,69,71,74-80H,26-34,47-48,59-65H2,1-25H3/b52-49+/t66-,67+,69+,71?,74+,75+,76-,77+,78+,79+,80-,84+/m0/s1. The lowest BCUT2D eigenvalue weighted by Gasteiger charge is -2.58. The lowest BCUT2D eigenvalue weighted by Crippen LogP contribution is -2.70.